The molecule has 0 heterocycles. The molecule has 0 amide bonds. The van der Waals surface area contributed by atoms with Crippen molar-refractivity contribution in [1.82, 2.24) is 4.81 Å². The largest absolute Gasteiger partial charge is 0.440 e. The van der Waals surface area contributed by atoms with E-state index in [-0.39, 0.29) is 0 Å². The van der Waals surface area contributed by atoms with E-state index in [9.17, 15) is 0 Å². The highest BCUT2D eigenvalue weighted by Gasteiger charge is 2.14. The predicted octanol–water partition coefficient (Wildman–Crippen LogP) is 1.70. The van der Waals surface area contributed by atoms with Crippen molar-refractivity contribution in [1.29, 1.82) is 0 Å². The third kappa shape index (κ3) is 3.48. The van der Waals surface area contributed by atoms with E-state index in [4.69, 9.17) is 34.4 Å². The van der Waals surface area contributed by atoms with E-state index in [0.29, 0.717) is 0 Å². The summed E-state index contributed by atoms with van der Waals surface area (Å²) in [7, 11) is 3.43. The summed E-state index contributed by atoms with van der Waals surface area (Å²) in [4.78, 5) is 1.55. The molecule has 0 saturated heterocycles. The van der Waals surface area contributed by atoms with Crippen LogP contribution >= 0.6 is 34.4 Å². The van der Waals surface area contributed by atoms with E-state index in [1.807, 2.05) is 0 Å². The highest BCUT2D eigenvalue weighted by atomic mass is 35.6. The molecule has 0 unspecified atom stereocenters. The molecule has 0 aromatic carbocycles. The van der Waals surface area contributed by atoms with Crippen molar-refractivity contribution in [3.8, 4) is 0 Å². The lowest BCUT2D eigenvalue weighted by molar-refractivity contribution is 0.662. The monoisotopic (exact) mass is 160 g/mol. The van der Waals surface area contributed by atoms with Gasteiger partial charge in [-0.05, 0) is 14.1 Å². The van der Waals surface area contributed by atoms with E-state index < -0.39 is 4.53 Å². The Morgan fingerprint density at radius 2 is 1.29 bits per heavy atom. The molecule has 0 atom stereocenters. The first kappa shape index (κ1) is 7.89. The van der Waals surface area contributed by atoms with Crippen LogP contribution in [0.3, 0.4) is 0 Å². The van der Waals surface area contributed by atoms with Crippen LogP contribution in [-0.4, -0.2) is 23.4 Å². The van der Waals surface area contributed by atoms with Crippen LogP contribution < -0.4 is 0 Å². The summed E-state index contributed by atoms with van der Waals surface area (Å²) in [5, 5.41) is 0. The summed E-state index contributed by atoms with van der Waals surface area (Å²) in [5.41, 5.74) is 0. The molecule has 5 heteroatoms. The van der Waals surface area contributed by atoms with Gasteiger partial charge in [-0.3, -0.25) is 0 Å². The molecule has 0 aromatic rings. The van der Waals surface area contributed by atoms with E-state index in [0.717, 1.165) is 0 Å². The number of rotatable bonds is 1. The maximum absolute atomic E-state index is 5.39. The van der Waals surface area contributed by atoms with Gasteiger partial charge in [0.05, 0.1) is 0 Å². The molecular formula is C2H6BCl3N-. The van der Waals surface area contributed by atoms with Gasteiger partial charge >= 0.3 is 4.53 Å². The Morgan fingerprint density at radius 1 is 1.14 bits per heavy atom. The first-order valence-corrected chi connectivity index (χ1v) is 3.12. The lowest BCUT2D eigenvalue weighted by Gasteiger charge is -2.28. The van der Waals surface area contributed by atoms with Crippen LogP contribution in [0.5, 0.6) is 0 Å². The fourth-order valence-electron chi connectivity index (χ4n) is 0. The molecule has 0 aliphatic carbocycles. The fourth-order valence-corrected chi connectivity index (χ4v) is 0. The molecule has 7 heavy (non-hydrogen) atoms. The second kappa shape index (κ2) is 2.45. The summed E-state index contributed by atoms with van der Waals surface area (Å²) < 4.78 is -1.81. The third-order valence-corrected chi connectivity index (χ3v) is 1.76. The molecule has 0 radical (unpaired) electrons. The molecule has 0 aliphatic heterocycles. The normalized spacial score (nSPS) is 12.9. The number of nitrogens with zero attached hydrogens (tertiary/aromatic N) is 1. The molecule has 0 rings (SSSR count). The molecule has 0 fully saturated rings. The van der Waals surface area contributed by atoms with Crippen LogP contribution in [0.15, 0.2) is 0 Å². The second-order valence-corrected chi connectivity index (χ2v) is 4.07. The lowest BCUT2D eigenvalue weighted by atomic mass is 10.3. The maximum atomic E-state index is 5.39. The van der Waals surface area contributed by atoms with E-state index in [2.05, 4.69) is 0 Å². The molecular weight excluding hydrogens is 155 g/mol. The van der Waals surface area contributed by atoms with Crippen LogP contribution in [0.4, 0.5) is 0 Å². The fraction of sp³-hybridized carbons (Fsp3) is 1.00. The topological polar surface area (TPSA) is 3.24 Å². The van der Waals surface area contributed by atoms with E-state index >= 15 is 0 Å². The standard InChI is InChI=1S/C2H6BCl3N/c1-7(2)3(4,5)6/h1-2H3/q-1. The molecule has 44 valence electrons. The quantitative estimate of drug-likeness (QED) is 0.529. The van der Waals surface area contributed by atoms with Gasteiger partial charge in [-0.2, -0.15) is 0 Å². The van der Waals surface area contributed by atoms with Crippen molar-refractivity contribution >= 4 is 38.9 Å². The van der Waals surface area contributed by atoms with Crippen molar-refractivity contribution in [2.75, 3.05) is 14.1 Å². The minimum atomic E-state index is -1.81. The summed E-state index contributed by atoms with van der Waals surface area (Å²) in [6.07, 6.45) is 0. The molecule has 0 spiro atoms. The maximum Gasteiger partial charge on any atom is 0.315 e. The third-order valence-electron chi connectivity index (χ3n) is 0.586. The van der Waals surface area contributed by atoms with Gasteiger partial charge in [-0.25, -0.2) is 0 Å². The second-order valence-electron chi connectivity index (χ2n) is 1.50. The Hall–Kier alpha value is 0.895. The molecule has 0 saturated carbocycles. The van der Waals surface area contributed by atoms with Crippen molar-refractivity contribution in [3.05, 3.63) is 0 Å². The summed E-state index contributed by atoms with van der Waals surface area (Å²) >= 11 is 16.2. The molecule has 0 bridgehead atoms. The summed E-state index contributed by atoms with van der Waals surface area (Å²) in [6, 6.07) is 0. The van der Waals surface area contributed by atoms with Gasteiger partial charge in [-0.1, -0.05) is 0 Å². The Balaban J connectivity index is 3.54. The highest BCUT2D eigenvalue weighted by molar-refractivity contribution is 7.63. The SMILES string of the molecule is CN(C)[B-](Cl)(Cl)Cl. The number of halogens is 3. The van der Waals surface area contributed by atoms with Crippen molar-refractivity contribution < 1.29 is 0 Å². The van der Waals surface area contributed by atoms with Crippen LogP contribution in [0.25, 0.3) is 0 Å². The zero-order valence-corrected chi connectivity index (χ0v) is 6.43. The minimum Gasteiger partial charge on any atom is -0.440 e. The molecule has 0 aromatic heterocycles. The Morgan fingerprint density at radius 3 is 1.29 bits per heavy atom. The molecule has 1 nitrogen and oxygen atoms in total. The average molecular weight is 161 g/mol. The predicted molar refractivity (Wildman–Crippen MR) is 37.0 cm³/mol. The zero-order valence-electron chi connectivity index (χ0n) is 4.16. The van der Waals surface area contributed by atoms with Crippen molar-refractivity contribution in [3.63, 3.8) is 0 Å². The Kier molecular flexibility index (Phi) is 2.76. The van der Waals surface area contributed by atoms with Gasteiger partial charge in [0.2, 0.25) is 0 Å². The smallest absolute Gasteiger partial charge is 0.315 e. The number of hydrogen-bond donors (Lipinski definition) is 0. The van der Waals surface area contributed by atoms with Crippen LogP contribution in [0, 0.1) is 0 Å². The minimum absolute atomic E-state index is 1.55. The van der Waals surface area contributed by atoms with Gasteiger partial charge in [0.25, 0.3) is 0 Å². The number of hydrogen-bond acceptors (Lipinski definition) is 1. The Labute approximate surface area is 58.2 Å². The van der Waals surface area contributed by atoms with Crippen molar-refractivity contribution in [2.45, 2.75) is 0 Å². The van der Waals surface area contributed by atoms with Gasteiger partial charge in [0, 0.05) is 0 Å². The first-order chi connectivity index (χ1) is 2.94. The zero-order chi connectivity index (χ0) is 6.08. The van der Waals surface area contributed by atoms with E-state index in [1.165, 1.54) is 0 Å². The van der Waals surface area contributed by atoms with Gasteiger partial charge in [0.15, 0.2) is 0 Å². The van der Waals surface area contributed by atoms with Gasteiger partial charge < -0.3 is 39.2 Å². The highest BCUT2D eigenvalue weighted by Crippen LogP contribution is 2.20. The Bertz CT molecular complexity index is 58.4. The van der Waals surface area contributed by atoms with Crippen LogP contribution in [0.1, 0.15) is 0 Å². The first-order valence-electron chi connectivity index (χ1n) is 1.81. The molecule has 0 aliphatic rings. The van der Waals surface area contributed by atoms with Crippen LogP contribution in [0.2, 0.25) is 0 Å². The van der Waals surface area contributed by atoms with E-state index in [1.54, 1.807) is 18.9 Å². The summed E-state index contributed by atoms with van der Waals surface area (Å²) in [6.45, 7) is 0. The van der Waals surface area contributed by atoms with Gasteiger partial charge in [-0.15, -0.1) is 0 Å². The molecule has 0 N–H and O–H groups in total. The average Bonchev–Trinajstić information content (AvgIpc) is 1.31. The lowest BCUT2D eigenvalue weighted by Crippen LogP contribution is -2.32. The van der Waals surface area contributed by atoms with Gasteiger partial charge in [0.1, 0.15) is 0 Å². The van der Waals surface area contributed by atoms with Crippen molar-refractivity contribution in [2.24, 2.45) is 0 Å². The van der Waals surface area contributed by atoms with Crippen LogP contribution in [-0.2, 0) is 0 Å². The summed E-state index contributed by atoms with van der Waals surface area (Å²) in [5.74, 6) is 0.